The second kappa shape index (κ2) is 7.20. The number of aliphatic hydroxyl groups excluding tert-OH is 1. The first kappa shape index (κ1) is 17.2. The zero-order valence-corrected chi connectivity index (χ0v) is 15.3. The zero-order valence-electron chi connectivity index (χ0n) is 15.3. The Morgan fingerprint density at radius 3 is 2.85 bits per heavy atom. The number of aromatic nitrogens is 4. The number of anilines is 2. The number of H-pyrrole nitrogens is 1. The maximum Gasteiger partial charge on any atom is 0.227 e. The van der Waals surface area contributed by atoms with Gasteiger partial charge in [0.25, 0.3) is 0 Å². The SMILES string of the molecule is Cc1n[nH]c(C)c1CCNc1cc([C@@H]2CCOC2)nc(N2CC(O)C2)n1. The van der Waals surface area contributed by atoms with Gasteiger partial charge in [0.15, 0.2) is 0 Å². The van der Waals surface area contributed by atoms with Gasteiger partial charge in [0.1, 0.15) is 5.82 Å². The van der Waals surface area contributed by atoms with E-state index in [-0.39, 0.29) is 6.10 Å². The van der Waals surface area contributed by atoms with Crippen molar-refractivity contribution < 1.29 is 9.84 Å². The fourth-order valence-corrected chi connectivity index (χ4v) is 3.54. The Morgan fingerprint density at radius 2 is 2.19 bits per heavy atom. The highest BCUT2D eigenvalue weighted by Crippen LogP contribution is 2.28. The molecule has 0 saturated carbocycles. The molecule has 1 atom stereocenters. The monoisotopic (exact) mass is 358 g/mol. The Balaban J connectivity index is 1.48. The van der Waals surface area contributed by atoms with Crippen molar-refractivity contribution >= 4 is 11.8 Å². The smallest absolute Gasteiger partial charge is 0.227 e. The topological polar surface area (TPSA) is 99.2 Å². The Labute approximate surface area is 153 Å². The minimum Gasteiger partial charge on any atom is -0.389 e. The molecule has 8 heteroatoms. The van der Waals surface area contributed by atoms with Crippen LogP contribution in [0.15, 0.2) is 6.07 Å². The minimum absolute atomic E-state index is 0.277. The summed E-state index contributed by atoms with van der Waals surface area (Å²) < 4.78 is 5.52. The molecule has 2 aliphatic heterocycles. The maximum atomic E-state index is 9.59. The molecule has 0 amide bonds. The highest BCUT2D eigenvalue weighted by atomic mass is 16.5. The molecule has 2 aromatic rings. The van der Waals surface area contributed by atoms with E-state index in [0.29, 0.717) is 31.6 Å². The number of nitrogens with one attached hydrogen (secondary N) is 2. The molecule has 0 unspecified atom stereocenters. The molecular weight excluding hydrogens is 332 g/mol. The summed E-state index contributed by atoms with van der Waals surface area (Å²) >= 11 is 0. The largest absolute Gasteiger partial charge is 0.389 e. The van der Waals surface area contributed by atoms with Crippen LogP contribution in [0.3, 0.4) is 0 Å². The van der Waals surface area contributed by atoms with E-state index in [9.17, 15) is 5.11 Å². The van der Waals surface area contributed by atoms with E-state index in [1.807, 2.05) is 24.8 Å². The van der Waals surface area contributed by atoms with E-state index in [1.165, 1.54) is 5.56 Å². The molecule has 4 rings (SSSR count). The summed E-state index contributed by atoms with van der Waals surface area (Å²) in [4.78, 5) is 11.4. The molecule has 2 aliphatic rings. The summed E-state index contributed by atoms with van der Waals surface area (Å²) in [6, 6.07) is 2.04. The van der Waals surface area contributed by atoms with Crippen LogP contribution in [0, 0.1) is 13.8 Å². The number of nitrogens with zero attached hydrogens (tertiary/aromatic N) is 4. The van der Waals surface area contributed by atoms with Crippen molar-refractivity contribution in [3.05, 3.63) is 28.7 Å². The standard InChI is InChI=1S/C18H26N6O2/c1-11-15(12(2)23-22-11)3-5-19-17-7-16(13-4-6-26-10-13)20-18(21-17)24-8-14(25)9-24/h7,13-14,25H,3-6,8-10H2,1-2H3,(H,22,23)(H,19,20,21)/t13-/m1/s1. The van der Waals surface area contributed by atoms with E-state index >= 15 is 0 Å². The molecule has 2 fully saturated rings. The average Bonchev–Trinajstić information content (AvgIpc) is 3.24. The third-order valence-electron chi connectivity index (χ3n) is 5.19. The first-order valence-electron chi connectivity index (χ1n) is 9.24. The first-order valence-corrected chi connectivity index (χ1v) is 9.24. The fourth-order valence-electron chi connectivity index (χ4n) is 3.54. The number of hydrogen-bond donors (Lipinski definition) is 3. The van der Waals surface area contributed by atoms with Crippen molar-refractivity contribution in [2.45, 2.75) is 38.7 Å². The van der Waals surface area contributed by atoms with Crippen molar-refractivity contribution in [1.29, 1.82) is 0 Å². The van der Waals surface area contributed by atoms with Crippen molar-refractivity contribution in [2.24, 2.45) is 0 Å². The number of aromatic amines is 1. The summed E-state index contributed by atoms with van der Waals surface area (Å²) in [6.45, 7) is 7.54. The van der Waals surface area contributed by atoms with E-state index in [0.717, 1.165) is 48.9 Å². The Bertz CT molecular complexity index is 746. The van der Waals surface area contributed by atoms with Crippen molar-refractivity contribution in [1.82, 2.24) is 20.2 Å². The number of aryl methyl sites for hydroxylation is 2. The lowest BCUT2D eigenvalue weighted by Gasteiger charge is -2.36. The van der Waals surface area contributed by atoms with E-state index in [1.54, 1.807) is 0 Å². The Hall–Kier alpha value is -2.19. The van der Waals surface area contributed by atoms with Gasteiger partial charge >= 0.3 is 0 Å². The quantitative estimate of drug-likeness (QED) is 0.712. The van der Waals surface area contributed by atoms with Crippen LogP contribution in [-0.2, 0) is 11.2 Å². The summed E-state index contributed by atoms with van der Waals surface area (Å²) in [6.07, 6.45) is 1.60. The van der Waals surface area contributed by atoms with Gasteiger partial charge in [-0.15, -0.1) is 0 Å². The summed E-state index contributed by atoms with van der Waals surface area (Å²) in [5, 5.41) is 20.3. The second-order valence-electron chi connectivity index (χ2n) is 7.19. The molecule has 0 aliphatic carbocycles. The van der Waals surface area contributed by atoms with Crippen LogP contribution in [0.1, 0.15) is 35.0 Å². The molecule has 0 bridgehead atoms. The van der Waals surface area contributed by atoms with Gasteiger partial charge in [-0.25, -0.2) is 4.98 Å². The van der Waals surface area contributed by atoms with Crippen LogP contribution in [0.4, 0.5) is 11.8 Å². The van der Waals surface area contributed by atoms with Crippen molar-refractivity contribution in [2.75, 3.05) is 43.1 Å². The van der Waals surface area contributed by atoms with Crippen LogP contribution in [-0.4, -0.2) is 64.2 Å². The van der Waals surface area contributed by atoms with E-state index in [4.69, 9.17) is 9.72 Å². The lowest BCUT2D eigenvalue weighted by atomic mass is 10.0. The number of ether oxygens (including phenoxy) is 1. The molecule has 8 nitrogen and oxygen atoms in total. The highest BCUT2D eigenvalue weighted by molar-refractivity contribution is 5.46. The van der Waals surface area contributed by atoms with Crippen LogP contribution >= 0.6 is 0 Å². The Kier molecular flexibility index (Phi) is 4.78. The number of β-amino-alcohol motifs (C(OH)–C–C–N with tert-alkyl or cyclic N) is 1. The molecule has 4 heterocycles. The van der Waals surface area contributed by atoms with Gasteiger partial charge in [0, 0.05) is 43.9 Å². The summed E-state index contributed by atoms with van der Waals surface area (Å²) in [5.74, 6) is 1.84. The normalized spacial score (nSPS) is 20.4. The molecular formula is C18H26N6O2. The van der Waals surface area contributed by atoms with Gasteiger partial charge < -0.3 is 20.1 Å². The summed E-state index contributed by atoms with van der Waals surface area (Å²) in [7, 11) is 0. The third kappa shape index (κ3) is 3.52. The van der Waals surface area contributed by atoms with E-state index < -0.39 is 0 Å². The second-order valence-corrected chi connectivity index (χ2v) is 7.19. The van der Waals surface area contributed by atoms with Gasteiger partial charge in [0.2, 0.25) is 5.95 Å². The van der Waals surface area contributed by atoms with Gasteiger partial charge in [-0.1, -0.05) is 0 Å². The van der Waals surface area contributed by atoms with Gasteiger partial charge in [-0.2, -0.15) is 10.1 Å². The third-order valence-corrected chi connectivity index (χ3v) is 5.19. The minimum atomic E-state index is -0.277. The molecule has 26 heavy (non-hydrogen) atoms. The fraction of sp³-hybridized carbons (Fsp3) is 0.611. The predicted octanol–water partition coefficient (Wildman–Crippen LogP) is 1.16. The lowest BCUT2D eigenvalue weighted by Crippen LogP contribution is -2.51. The number of rotatable bonds is 6. The number of aliphatic hydroxyl groups is 1. The van der Waals surface area contributed by atoms with Crippen LogP contribution in [0.5, 0.6) is 0 Å². The lowest BCUT2D eigenvalue weighted by molar-refractivity contribution is 0.140. The van der Waals surface area contributed by atoms with Crippen molar-refractivity contribution in [3.63, 3.8) is 0 Å². The van der Waals surface area contributed by atoms with Crippen LogP contribution in [0.2, 0.25) is 0 Å². The molecule has 3 N–H and O–H groups in total. The first-order chi connectivity index (χ1) is 12.6. The summed E-state index contributed by atoms with van der Waals surface area (Å²) in [5.41, 5.74) is 4.44. The molecule has 2 aromatic heterocycles. The molecule has 0 radical (unpaired) electrons. The number of hydrogen-bond acceptors (Lipinski definition) is 7. The molecule has 2 saturated heterocycles. The van der Waals surface area contributed by atoms with Gasteiger partial charge in [-0.3, -0.25) is 5.10 Å². The van der Waals surface area contributed by atoms with E-state index in [2.05, 4.69) is 20.5 Å². The zero-order chi connectivity index (χ0) is 18.1. The van der Waals surface area contributed by atoms with Crippen molar-refractivity contribution in [3.8, 4) is 0 Å². The predicted molar refractivity (Wildman–Crippen MR) is 98.7 cm³/mol. The Morgan fingerprint density at radius 1 is 1.35 bits per heavy atom. The molecule has 0 aromatic carbocycles. The average molecular weight is 358 g/mol. The highest BCUT2D eigenvalue weighted by Gasteiger charge is 2.28. The van der Waals surface area contributed by atoms with Gasteiger partial charge in [0.05, 0.1) is 24.1 Å². The molecule has 140 valence electrons. The van der Waals surface area contributed by atoms with Crippen LogP contribution < -0.4 is 10.2 Å². The molecule has 0 spiro atoms. The van der Waals surface area contributed by atoms with Gasteiger partial charge in [-0.05, 0) is 32.3 Å². The van der Waals surface area contributed by atoms with Crippen LogP contribution in [0.25, 0.3) is 0 Å². The maximum absolute atomic E-state index is 9.59.